The van der Waals surface area contributed by atoms with Crippen molar-refractivity contribution >= 4 is 36.3 Å². The Morgan fingerprint density at radius 3 is 2.71 bits per heavy atom. The fraction of sp³-hybridized carbons (Fsp3) is 0. The molecule has 6 nitrogen and oxygen atoms in total. The quantitative estimate of drug-likeness (QED) is 0.325. The van der Waals surface area contributed by atoms with Gasteiger partial charge in [0, 0.05) is 0 Å². The van der Waals surface area contributed by atoms with Crippen LogP contribution in [-0.4, -0.2) is 34.3 Å². The van der Waals surface area contributed by atoms with Crippen LogP contribution in [-0.2, 0) is 0 Å². The lowest BCUT2D eigenvalue weighted by Gasteiger charge is -2.03. The van der Waals surface area contributed by atoms with E-state index in [-0.39, 0.29) is 16.3 Å². The van der Waals surface area contributed by atoms with E-state index < -0.39 is 13.0 Å². The minimum atomic E-state index is -1.61. The molecule has 21 heavy (non-hydrogen) atoms. The number of halogens is 1. The van der Waals surface area contributed by atoms with Crippen molar-refractivity contribution in [2.75, 3.05) is 0 Å². The Bertz CT molecular complexity index is 679. The number of hydrogen-bond donors (Lipinski definition) is 3. The van der Waals surface area contributed by atoms with E-state index in [2.05, 4.69) is 15.5 Å². The third-order valence-corrected chi connectivity index (χ3v) is 2.80. The van der Waals surface area contributed by atoms with E-state index in [1.807, 2.05) is 0 Å². The molecule has 1 aromatic carbocycles. The van der Waals surface area contributed by atoms with Crippen LogP contribution < -0.4 is 10.9 Å². The fourth-order valence-electron chi connectivity index (χ4n) is 1.62. The molecule has 1 heterocycles. The smallest absolute Gasteiger partial charge is 0.423 e. The highest BCUT2D eigenvalue weighted by Gasteiger charge is 2.14. The highest BCUT2D eigenvalue weighted by atomic mass is 35.5. The van der Waals surface area contributed by atoms with Crippen molar-refractivity contribution in [3.8, 4) is 0 Å². The molecule has 0 radical (unpaired) electrons. The summed E-state index contributed by atoms with van der Waals surface area (Å²) in [4.78, 5) is 15.6. The molecule has 3 N–H and O–H groups in total. The number of amides is 1. The van der Waals surface area contributed by atoms with E-state index >= 15 is 0 Å². The molecule has 0 fully saturated rings. The number of rotatable bonds is 4. The topological polar surface area (TPSA) is 94.8 Å². The molecule has 0 unspecified atom stereocenters. The van der Waals surface area contributed by atoms with Crippen molar-refractivity contribution in [1.29, 1.82) is 0 Å². The molecule has 1 aromatic heterocycles. The van der Waals surface area contributed by atoms with Crippen molar-refractivity contribution in [1.82, 2.24) is 10.4 Å². The number of carbonyl (C=O) groups excluding carboxylic acids is 1. The number of hydrogen-bond acceptors (Lipinski definition) is 5. The standard InChI is InChI=1S/C13H11BClN3O3/c15-12-7-3-6-11(17-12)13(19)18-16-8-9-4-1-2-5-10(9)14(20)21/h1-8,20-21H,(H,18,19)/b16-8-. The zero-order valence-electron chi connectivity index (χ0n) is 10.8. The molecular weight excluding hydrogens is 292 g/mol. The summed E-state index contributed by atoms with van der Waals surface area (Å²) in [6.07, 6.45) is 1.32. The van der Waals surface area contributed by atoms with Crippen LogP contribution in [0.3, 0.4) is 0 Å². The lowest BCUT2D eigenvalue weighted by molar-refractivity contribution is 0.0950. The first-order chi connectivity index (χ1) is 10.1. The highest BCUT2D eigenvalue weighted by Crippen LogP contribution is 2.04. The van der Waals surface area contributed by atoms with Crippen LogP contribution in [0.1, 0.15) is 16.1 Å². The van der Waals surface area contributed by atoms with Gasteiger partial charge < -0.3 is 10.0 Å². The third-order valence-electron chi connectivity index (χ3n) is 2.59. The molecule has 106 valence electrons. The van der Waals surface area contributed by atoms with Gasteiger partial charge in [-0.05, 0) is 23.2 Å². The van der Waals surface area contributed by atoms with Gasteiger partial charge in [0.2, 0.25) is 0 Å². The predicted octanol–water partition coefficient (Wildman–Crippen LogP) is 0.179. The van der Waals surface area contributed by atoms with Crippen LogP contribution in [0.15, 0.2) is 47.6 Å². The van der Waals surface area contributed by atoms with Crippen LogP contribution in [0, 0.1) is 0 Å². The molecule has 0 atom stereocenters. The molecule has 0 aliphatic rings. The van der Waals surface area contributed by atoms with E-state index in [4.69, 9.17) is 11.6 Å². The van der Waals surface area contributed by atoms with Gasteiger partial charge in [-0.25, -0.2) is 10.4 Å². The van der Waals surface area contributed by atoms with Gasteiger partial charge in [-0.2, -0.15) is 5.10 Å². The summed E-state index contributed by atoms with van der Waals surface area (Å²) in [7, 11) is -1.61. The summed E-state index contributed by atoms with van der Waals surface area (Å²) >= 11 is 5.69. The normalized spacial score (nSPS) is 10.6. The Balaban J connectivity index is 2.08. The molecule has 0 saturated heterocycles. The summed E-state index contributed by atoms with van der Waals surface area (Å²) in [5.74, 6) is -0.518. The average molecular weight is 304 g/mol. The number of pyridine rings is 1. The van der Waals surface area contributed by atoms with Gasteiger partial charge in [0.1, 0.15) is 10.8 Å². The van der Waals surface area contributed by atoms with E-state index in [9.17, 15) is 14.8 Å². The van der Waals surface area contributed by atoms with Crippen LogP contribution in [0.5, 0.6) is 0 Å². The van der Waals surface area contributed by atoms with Crippen molar-refractivity contribution in [3.05, 3.63) is 58.9 Å². The number of carbonyl (C=O) groups is 1. The van der Waals surface area contributed by atoms with Gasteiger partial charge in [0.15, 0.2) is 0 Å². The second-order valence-electron chi connectivity index (χ2n) is 4.05. The first-order valence-electron chi connectivity index (χ1n) is 5.99. The number of nitrogens with one attached hydrogen (secondary N) is 1. The van der Waals surface area contributed by atoms with Crippen molar-refractivity contribution in [2.45, 2.75) is 0 Å². The Hall–Kier alpha value is -2.22. The van der Waals surface area contributed by atoms with Crippen molar-refractivity contribution in [3.63, 3.8) is 0 Å². The van der Waals surface area contributed by atoms with Gasteiger partial charge in [-0.1, -0.05) is 41.9 Å². The largest absolute Gasteiger partial charge is 0.489 e. The maximum Gasteiger partial charge on any atom is 0.489 e. The molecule has 0 bridgehead atoms. The minimum Gasteiger partial charge on any atom is -0.423 e. The zero-order valence-corrected chi connectivity index (χ0v) is 11.5. The van der Waals surface area contributed by atoms with Crippen LogP contribution >= 0.6 is 11.6 Å². The van der Waals surface area contributed by atoms with Gasteiger partial charge in [0.25, 0.3) is 5.91 Å². The number of hydrazone groups is 1. The van der Waals surface area contributed by atoms with Crippen molar-refractivity contribution < 1.29 is 14.8 Å². The van der Waals surface area contributed by atoms with E-state index in [1.165, 1.54) is 12.3 Å². The summed E-state index contributed by atoms with van der Waals surface area (Å²) in [6.45, 7) is 0. The molecule has 8 heteroatoms. The fourth-order valence-corrected chi connectivity index (χ4v) is 1.78. The second-order valence-corrected chi connectivity index (χ2v) is 4.43. The summed E-state index contributed by atoms with van der Waals surface area (Å²) < 4.78 is 0. The Labute approximate surface area is 126 Å². The highest BCUT2D eigenvalue weighted by molar-refractivity contribution is 6.60. The Morgan fingerprint density at radius 1 is 1.24 bits per heavy atom. The number of nitrogens with zero attached hydrogens (tertiary/aromatic N) is 2. The SMILES string of the molecule is O=C(N/N=C\c1ccccc1B(O)O)c1cccc(Cl)n1. The van der Waals surface area contributed by atoms with Gasteiger partial charge in [0.05, 0.1) is 6.21 Å². The maximum atomic E-state index is 11.8. The monoisotopic (exact) mass is 303 g/mol. The Morgan fingerprint density at radius 2 is 2.00 bits per heavy atom. The lowest BCUT2D eigenvalue weighted by Crippen LogP contribution is -2.33. The van der Waals surface area contributed by atoms with E-state index in [0.717, 1.165) is 0 Å². The molecule has 0 spiro atoms. The van der Waals surface area contributed by atoms with Crippen LogP contribution in [0.2, 0.25) is 5.15 Å². The number of aromatic nitrogens is 1. The van der Waals surface area contributed by atoms with Gasteiger partial charge in [-0.15, -0.1) is 0 Å². The van der Waals surface area contributed by atoms with Crippen LogP contribution in [0.25, 0.3) is 0 Å². The first-order valence-corrected chi connectivity index (χ1v) is 6.37. The zero-order chi connectivity index (χ0) is 15.2. The summed E-state index contributed by atoms with van der Waals surface area (Å²) in [5.41, 5.74) is 3.19. The number of benzene rings is 1. The molecule has 2 rings (SSSR count). The molecule has 0 aliphatic heterocycles. The first kappa shape index (κ1) is 15.2. The van der Waals surface area contributed by atoms with Gasteiger partial charge in [-0.3, -0.25) is 4.79 Å². The average Bonchev–Trinajstić information content (AvgIpc) is 2.47. The molecule has 0 saturated carbocycles. The second kappa shape index (κ2) is 6.98. The molecule has 0 aliphatic carbocycles. The third kappa shape index (κ3) is 4.12. The van der Waals surface area contributed by atoms with Crippen LogP contribution in [0.4, 0.5) is 0 Å². The molecule has 1 amide bonds. The molecule has 2 aromatic rings. The van der Waals surface area contributed by atoms with Gasteiger partial charge >= 0.3 is 7.12 Å². The predicted molar refractivity (Wildman–Crippen MR) is 80.6 cm³/mol. The van der Waals surface area contributed by atoms with E-state index in [1.54, 1.807) is 36.4 Å². The molecular formula is C13H11BClN3O3. The summed E-state index contributed by atoms with van der Waals surface area (Å²) in [6, 6.07) is 11.2. The summed E-state index contributed by atoms with van der Waals surface area (Å²) in [5, 5.41) is 22.4. The van der Waals surface area contributed by atoms with E-state index in [0.29, 0.717) is 5.56 Å². The van der Waals surface area contributed by atoms with Crippen molar-refractivity contribution in [2.24, 2.45) is 5.10 Å². The maximum absolute atomic E-state index is 11.8. The lowest BCUT2D eigenvalue weighted by atomic mass is 9.77. The minimum absolute atomic E-state index is 0.134. The Kier molecular flexibility index (Phi) is 5.05.